The third kappa shape index (κ3) is 6.75. The quantitative estimate of drug-likeness (QED) is 0.400. The second-order valence-corrected chi connectivity index (χ2v) is 4.90. The monoisotopic (exact) mass is 465 g/mol. The molecule has 0 heterocycles. The molecule has 0 fully saturated rings. The maximum absolute atomic E-state index is 3.90. The molecule has 1 aromatic rings. The average molecular weight is 465 g/mol. The van der Waals surface area contributed by atoms with Gasteiger partial charge in [-0.2, -0.15) is 24.3 Å². The standard InChI is InChI=1S/C18H19.C2H6.CH4.W/c1-4-16-10-7-11-17-9-6-5-8-14(2)12-15(3)13-18(16)17;1-2;;/h4-5,7-11,13-14H,1,12H2,2-3H3;1-2H3;1H4;/q-1;;;/b8-5+,15-13+;;;/t14-;;;/m0.../s1. The molecule has 22 heavy (non-hydrogen) atoms. The van der Waals surface area contributed by atoms with Crippen molar-refractivity contribution in [1.29, 1.82) is 0 Å². The Hall–Kier alpha value is -1.13. The third-order valence-electron chi connectivity index (χ3n) is 3.19. The molecule has 1 heteroatoms. The molecule has 0 nitrogen and oxygen atoms in total. The van der Waals surface area contributed by atoms with Crippen molar-refractivity contribution in [3.8, 4) is 0 Å². The molecule has 1 aromatic carbocycles. The van der Waals surface area contributed by atoms with Crippen LogP contribution >= 0.6 is 0 Å². The zero-order valence-electron chi connectivity index (χ0n) is 13.5. The molecule has 1 aliphatic carbocycles. The van der Waals surface area contributed by atoms with Crippen molar-refractivity contribution in [3.63, 3.8) is 0 Å². The van der Waals surface area contributed by atoms with Gasteiger partial charge in [0.2, 0.25) is 0 Å². The van der Waals surface area contributed by atoms with Crippen LogP contribution in [0.25, 0.3) is 18.2 Å². The fourth-order valence-corrected chi connectivity index (χ4v) is 2.31. The van der Waals surface area contributed by atoms with E-state index < -0.39 is 0 Å². The largest absolute Gasteiger partial charge is 0.183 e. The SMILES string of the molecule is C.C=Cc1cccc2c1/C=C(\C)C[C@@H](C)/C=C/[C-]=C2.CC.[W]. The molecule has 0 aromatic heterocycles. The van der Waals surface area contributed by atoms with Gasteiger partial charge in [-0.1, -0.05) is 76.1 Å². The van der Waals surface area contributed by atoms with E-state index in [1.807, 2.05) is 32.1 Å². The second-order valence-electron chi connectivity index (χ2n) is 4.90. The van der Waals surface area contributed by atoms with Crippen LogP contribution in [-0.2, 0) is 21.1 Å². The van der Waals surface area contributed by atoms with Crippen LogP contribution in [0.4, 0.5) is 0 Å². The van der Waals surface area contributed by atoms with Crippen LogP contribution in [0.2, 0.25) is 0 Å². The summed E-state index contributed by atoms with van der Waals surface area (Å²) in [5.41, 5.74) is 5.03. The van der Waals surface area contributed by atoms with E-state index in [2.05, 4.69) is 56.9 Å². The van der Waals surface area contributed by atoms with Gasteiger partial charge < -0.3 is 0 Å². The molecule has 0 saturated carbocycles. The molecule has 120 valence electrons. The molecule has 0 spiro atoms. The summed E-state index contributed by atoms with van der Waals surface area (Å²) in [7, 11) is 0. The van der Waals surface area contributed by atoms with E-state index in [1.165, 1.54) is 22.3 Å². The van der Waals surface area contributed by atoms with Crippen molar-refractivity contribution in [2.45, 2.75) is 41.5 Å². The minimum Gasteiger partial charge on any atom is -0.183 e. The van der Waals surface area contributed by atoms with Crippen LogP contribution in [0.5, 0.6) is 0 Å². The van der Waals surface area contributed by atoms with Crippen molar-refractivity contribution in [1.82, 2.24) is 0 Å². The van der Waals surface area contributed by atoms with Crippen molar-refractivity contribution < 1.29 is 21.1 Å². The van der Waals surface area contributed by atoms with Gasteiger partial charge in [0.15, 0.2) is 0 Å². The van der Waals surface area contributed by atoms with Crippen LogP contribution in [0.1, 0.15) is 58.2 Å². The van der Waals surface area contributed by atoms with Crippen LogP contribution in [0, 0.1) is 12.0 Å². The third-order valence-corrected chi connectivity index (χ3v) is 3.19. The van der Waals surface area contributed by atoms with Crippen molar-refractivity contribution in [3.05, 3.63) is 65.3 Å². The van der Waals surface area contributed by atoms with Crippen LogP contribution in [-0.4, -0.2) is 0 Å². The van der Waals surface area contributed by atoms with E-state index in [1.54, 1.807) is 0 Å². The molecule has 0 unspecified atom stereocenters. The predicted molar refractivity (Wildman–Crippen MR) is 98.9 cm³/mol. The van der Waals surface area contributed by atoms with E-state index in [4.69, 9.17) is 0 Å². The average Bonchev–Trinajstić information content (AvgIpc) is 2.46. The molecule has 1 aliphatic rings. The van der Waals surface area contributed by atoms with Gasteiger partial charge in [0.1, 0.15) is 0 Å². The zero-order valence-corrected chi connectivity index (χ0v) is 16.5. The van der Waals surface area contributed by atoms with Gasteiger partial charge in [0.05, 0.1) is 0 Å². The predicted octanol–water partition coefficient (Wildman–Crippen LogP) is 6.81. The molecule has 0 bridgehead atoms. The first-order chi connectivity index (χ1) is 9.70. The second kappa shape index (κ2) is 12.4. The molecular formula is C21H29W-. The van der Waals surface area contributed by atoms with E-state index >= 15 is 0 Å². The van der Waals surface area contributed by atoms with Gasteiger partial charge in [0, 0.05) is 21.1 Å². The number of benzene rings is 1. The zero-order chi connectivity index (χ0) is 15.0. The van der Waals surface area contributed by atoms with E-state index in [0.29, 0.717) is 5.92 Å². The Morgan fingerprint density at radius 3 is 2.59 bits per heavy atom. The molecule has 0 saturated heterocycles. The Morgan fingerprint density at radius 2 is 1.95 bits per heavy atom. The fraction of sp³-hybridized carbons (Fsp3) is 0.333. The molecule has 2 rings (SSSR count). The fourth-order valence-electron chi connectivity index (χ4n) is 2.31. The maximum Gasteiger partial charge on any atom is 0 e. The van der Waals surface area contributed by atoms with Crippen LogP contribution in [0.3, 0.4) is 0 Å². The topological polar surface area (TPSA) is 0 Å². The van der Waals surface area contributed by atoms with E-state index in [0.717, 1.165) is 6.42 Å². The van der Waals surface area contributed by atoms with Gasteiger partial charge in [0.25, 0.3) is 0 Å². The summed E-state index contributed by atoms with van der Waals surface area (Å²) in [4.78, 5) is 0. The number of rotatable bonds is 1. The van der Waals surface area contributed by atoms with Gasteiger partial charge >= 0.3 is 0 Å². The number of fused-ring (bicyclic) bond motifs is 1. The van der Waals surface area contributed by atoms with Crippen molar-refractivity contribution in [2.75, 3.05) is 0 Å². The molecule has 0 aliphatic heterocycles. The first kappa shape index (κ1) is 23.1. The first-order valence-electron chi connectivity index (χ1n) is 7.39. The summed E-state index contributed by atoms with van der Waals surface area (Å²) >= 11 is 0. The molecular weight excluding hydrogens is 436 g/mol. The number of hydrogen-bond acceptors (Lipinski definition) is 0. The summed E-state index contributed by atoms with van der Waals surface area (Å²) in [5, 5.41) is 0. The van der Waals surface area contributed by atoms with Gasteiger partial charge in [-0.25, -0.2) is 0 Å². The molecule has 0 amide bonds. The van der Waals surface area contributed by atoms with Crippen molar-refractivity contribution >= 4 is 18.2 Å². The molecule has 0 N–H and O–H groups in total. The number of allylic oxidation sites excluding steroid dienone is 4. The van der Waals surface area contributed by atoms with E-state index in [9.17, 15) is 0 Å². The van der Waals surface area contributed by atoms with Crippen molar-refractivity contribution in [2.24, 2.45) is 5.92 Å². The summed E-state index contributed by atoms with van der Waals surface area (Å²) in [6.45, 7) is 12.3. The summed E-state index contributed by atoms with van der Waals surface area (Å²) < 4.78 is 0. The minimum absolute atomic E-state index is 0. The Kier molecular flexibility index (Phi) is 13.1. The molecule has 0 radical (unpaired) electrons. The Labute approximate surface area is 152 Å². The number of hydrogen-bond donors (Lipinski definition) is 0. The van der Waals surface area contributed by atoms with Gasteiger partial charge in [-0.3, -0.25) is 0 Å². The summed E-state index contributed by atoms with van der Waals surface area (Å²) in [6.07, 6.45) is 14.8. The normalized spacial score (nSPS) is 19.6. The van der Waals surface area contributed by atoms with Crippen LogP contribution in [0.15, 0.2) is 42.5 Å². The van der Waals surface area contributed by atoms with E-state index in [-0.39, 0.29) is 28.5 Å². The first-order valence-corrected chi connectivity index (χ1v) is 7.39. The summed E-state index contributed by atoms with van der Waals surface area (Å²) in [5.74, 6) is 0.555. The Balaban J connectivity index is 0. The van der Waals surface area contributed by atoms with Crippen LogP contribution < -0.4 is 0 Å². The smallest absolute Gasteiger partial charge is 0 e. The Bertz CT molecular complexity index is 533. The van der Waals surface area contributed by atoms with Gasteiger partial charge in [-0.15, -0.1) is 11.6 Å². The molecule has 1 atom stereocenters. The minimum atomic E-state index is 0. The van der Waals surface area contributed by atoms with Gasteiger partial charge in [-0.05, 0) is 18.9 Å². The Morgan fingerprint density at radius 1 is 1.27 bits per heavy atom. The summed E-state index contributed by atoms with van der Waals surface area (Å²) in [6, 6.07) is 6.29. The maximum atomic E-state index is 3.90.